The van der Waals surface area contributed by atoms with Gasteiger partial charge in [-0.05, 0) is 36.8 Å². The minimum Gasteiger partial charge on any atom is -0.506 e. The molecule has 0 aliphatic carbocycles. The largest absolute Gasteiger partial charge is 0.506 e. The zero-order valence-electron chi connectivity index (χ0n) is 18.1. The first-order chi connectivity index (χ1) is 15.5. The maximum absolute atomic E-state index is 13.7. The molecule has 0 spiro atoms. The number of rotatable bonds is 6. The van der Waals surface area contributed by atoms with Gasteiger partial charge in [0.05, 0.1) is 6.61 Å². The van der Waals surface area contributed by atoms with E-state index in [2.05, 4.69) is 0 Å². The van der Waals surface area contributed by atoms with Gasteiger partial charge in [-0.3, -0.25) is 4.79 Å². The number of phenols is 1. The topological polar surface area (TPSA) is 63.6 Å². The molecule has 0 atom stereocenters. The summed E-state index contributed by atoms with van der Waals surface area (Å²) in [4.78, 5) is 26.8. The third-order valence-corrected chi connectivity index (χ3v) is 5.50. The van der Waals surface area contributed by atoms with E-state index in [1.54, 1.807) is 37.3 Å². The fraction of sp³-hybridized carbons (Fsp3) is 0.143. The highest BCUT2D eigenvalue weighted by atomic mass is 16.5. The highest BCUT2D eigenvalue weighted by molar-refractivity contribution is 6.20. The second-order valence-electron chi connectivity index (χ2n) is 7.70. The zero-order chi connectivity index (χ0) is 22.7. The van der Waals surface area contributed by atoms with Crippen molar-refractivity contribution < 1.29 is 19.4 Å². The average molecular weight is 424 g/mol. The second kappa shape index (κ2) is 9.06. The van der Waals surface area contributed by atoms with Crippen molar-refractivity contribution >= 4 is 22.5 Å². The van der Waals surface area contributed by atoms with Crippen molar-refractivity contribution in [2.45, 2.75) is 20.3 Å². The molecular weight excluding hydrogens is 400 g/mol. The van der Waals surface area contributed by atoms with E-state index in [-0.39, 0.29) is 23.7 Å². The smallest absolute Gasteiger partial charge is 0.342 e. The van der Waals surface area contributed by atoms with Crippen molar-refractivity contribution in [1.82, 2.24) is 0 Å². The van der Waals surface area contributed by atoms with Crippen LogP contribution in [0.25, 0.3) is 10.8 Å². The van der Waals surface area contributed by atoms with Crippen LogP contribution >= 0.6 is 0 Å². The van der Waals surface area contributed by atoms with Gasteiger partial charge in [-0.15, -0.1) is 0 Å². The summed E-state index contributed by atoms with van der Waals surface area (Å²) < 4.78 is 5.29. The van der Waals surface area contributed by atoms with E-state index in [1.807, 2.05) is 55.5 Å². The van der Waals surface area contributed by atoms with Gasteiger partial charge in [-0.2, -0.15) is 0 Å². The molecule has 0 heterocycles. The summed E-state index contributed by atoms with van der Waals surface area (Å²) in [6, 6.07) is 24.0. The molecule has 4 nitrogen and oxygen atoms in total. The van der Waals surface area contributed by atoms with Crippen LogP contribution in [0.2, 0.25) is 0 Å². The monoisotopic (exact) mass is 424 g/mol. The van der Waals surface area contributed by atoms with Crippen LogP contribution in [-0.2, 0) is 11.2 Å². The van der Waals surface area contributed by atoms with Gasteiger partial charge < -0.3 is 9.84 Å². The molecule has 4 aromatic carbocycles. The lowest BCUT2D eigenvalue weighted by Gasteiger charge is -2.19. The van der Waals surface area contributed by atoms with Gasteiger partial charge in [0.25, 0.3) is 0 Å². The quantitative estimate of drug-likeness (QED) is 0.311. The van der Waals surface area contributed by atoms with E-state index in [4.69, 9.17) is 4.74 Å². The van der Waals surface area contributed by atoms with E-state index in [0.717, 1.165) is 11.1 Å². The van der Waals surface area contributed by atoms with Gasteiger partial charge in [-0.1, -0.05) is 84.4 Å². The van der Waals surface area contributed by atoms with Crippen molar-refractivity contribution in [3.8, 4) is 5.75 Å². The second-order valence-corrected chi connectivity index (χ2v) is 7.70. The van der Waals surface area contributed by atoms with Gasteiger partial charge in [0.15, 0.2) is 5.78 Å². The van der Waals surface area contributed by atoms with Gasteiger partial charge in [0.1, 0.15) is 11.3 Å². The third-order valence-electron chi connectivity index (χ3n) is 5.50. The number of fused-ring (bicyclic) bond motifs is 1. The van der Waals surface area contributed by atoms with Crippen LogP contribution < -0.4 is 0 Å². The van der Waals surface area contributed by atoms with Crippen molar-refractivity contribution in [2.75, 3.05) is 6.61 Å². The van der Waals surface area contributed by atoms with Crippen LogP contribution in [0.4, 0.5) is 0 Å². The number of benzene rings is 4. The maximum atomic E-state index is 13.7. The highest BCUT2D eigenvalue weighted by Gasteiger charge is 2.28. The predicted molar refractivity (Wildman–Crippen MR) is 125 cm³/mol. The number of aryl methyl sites for hydroxylation is 1. The van der Waals surface area contributed by atoms with Gasteiger partial charge in [0.2, 0.25) is 0 Å². The number of aromatic hydroxyl groups is 1. The lowest BCUT2D eigenvalue weighted by Crippen LogP contribution is -2.15. The number of carbonyl (C=O) groups excluding carboxylic acids is 2. The molecule has 160 valence electrons. The minimum atomic E-state index is -0.638. The van der Waals surface area contributed by atoms with Gasteiger partial charge in [0, 0.05) is 16.5 Å². The summed E-state index contributed by atoms with van der Waals surface area (Å²) in [5.41, 5.74) is 3.46. The van der Waals surface area contributed by atoms with Crippen molar-refractivity contribution in [2.24, 2.45) is 0 Å². The molecule has 0 saturated heterocycles. The molecule has 0 unspecified atom stereocenters. The van der Waals surface area contributed by atoms with Crippen LogP contribution in [0.15, 0.2) is 78.9 Å². The molecule has 4 rings (SSSR count). The maximum Gasteiger partial charge on any atom is 0.342 e. The summed E-state index contributed by atoms with van der Waals surface area (Å²) >= 11 is 0. The zero-order valence-corrected chi connectivity index (χ0v) is 18.1. The number of hydrogen-bond donors (Lipinski definition) is 1. The molecule has 0 aliphatic heterocycles. The van der Waals surface area contributed by atoms with E-state index >= 15 is 0 Å². The highest BCUT2D eigenvalue weighted by Crippen LogP contribution is 2.38. The predicted octanol–water partition coefficient (Wildman–Crippen LogP) is 5.85. The third kappa shape index (κ3) is 4.00. The Hall–Kier alpha value is -3.92. The summed E-state index contributed by atoms with van der Waals surface area (Å²) in [6.07, 6.45) is 0.308. The molecule has 32 heavy (non-hydrogen) atoms. The number of hydrogen-bond acceptors (Lipinski definition) is 4. The molecule has 0 amide bonds. The molecule has 0 fully saturated rings. The molecule has 0 bridgehead atoms. The summed E-state index contributed by atoms with van der Waals surface area (Å²) in [5, 5.41) is 12.2. The van der Waals surface area contributed by atoms with E-state index in [0.29, 0.717) is 33.9 Å². The Morgan fingerprint density at radius 1 is 0.844 bits per heavy atom. The van der Waals surface area contributed by atoms with E-state index < -0.39 is 5.97 Å². The van der Waals surface area contributed by atoms with Crippen LogP contribution in [0.1, 0.15) is 49.9 Å². The van der Waals surface area contributed by atoms with E-state index in [9.17, 15) is 14.7 Å². The van der Waals surface area contributed by atoms with Crippen molar-refractivity contribution in [3.63, 3.8) is 0 Å². The minimum absolute atomic E-state index is 0.0475. The number of ether oxygens (including phenoxy) is 1. The number of carbonyl (C=O) groups is 2. The lowest BCUT2D eigenvalue weighted by atomic mass is 9.85. The fourth-order valence-corrected chi connectivity index (χ4v) is 4.09. The number of esters is 1. The first-order valence-electron chi connectivity index (χ1n) is 10.6. The Balaban J connectivity index is 2.07. The Morgan fingerprint density at radius 2 is 1.53 bits per heavy atom. The van der Waals surface area contributed by atoms with Gasteiger partial charge >= 0.3 is 5.97 Å². The molecular formula is C28H24O4. The molecule has 1 N–H and O–H groups in total. The lowest BCUT2D eigenvalue weighted by molar-refractivity contribution is 0.0522. The molecule has 0 radical (unpaired) electrons. The number of ketones is 1. The molecule has 4 aromatic rings. The molecule has 4 heteroatoms. The fourth-order valence-electron chi connectivity index (χ4n) is 4.09. The SMILES string of the molecule is CCOC(=O)c1c(Cc2cccc(C)c2)c(C(=O)c2ccccc2)c2ccccc2c1O. The van der Waals surface area contributed by atoms with Crippen LogP contribution in [0.5, 0.6) is 5.75 Å². The van der Waals surface area contributed by atoms with Crippen molar-refractivity contribution in [1.29, 1.82) is 0 Å². The summed E-state index contributed by atoms with van der Waals surface area (Å²) in [7, 11) is 0. The Bertz CT molecular complexity index is 1310. The van der Waals surface area contributed by atoms with Crippen LogP contribution in [0.3, 0.4) is 0 Å². The molecule has 0 aromatic heterocycles. The van der Waals surface area contributed by atoms with Crippen LogP contribution in [0, 0.1) is 6.92 Å². The summed E-state index contributed by atoms with van der Waals surface area (Å²) in [6.45, 7) is 3.87. The average Bonchev–Trinajstić information content (AvgIpc) is 2.80. The Kier molecular flexibility index (Phi) is 6.04. The van der Waals surface area contributed by atoms with Crippen LogP contribution in [-0.4, -0.2) is 23.5 Å². The molecule has 0 saturated carbocycles. The number of phenolic OH excluding ortho intramolecular Hbond substituents is 1. The molecule has 0 aliphatic rings. The first kappa shape index (κ1) is 21.3. The van der Waals surface area contributed by atoms with Crippen molar-refractivity contribution in [3.05, 3.63) is 112 Å². The summed E-state index contributed by atoms with van der Waals surface area (Å²) in [5.74, 6) is -0.998. The first-order valence-corrected chi connectivity index (χ1v) is 10.6. The van der Waals surface area contributed by atoms with Gasteiger partial charge in [-0.25, -0.2) is 4.79 Å². The Morgan fingerprint density at radius 3 is 2.22 bits per heavy atom. The normalized spacial score (nSPS) is 10.8. The Labute approximate surface area is 187 Å². The van der Waals surface area contributed by atoms with E-state index in [1.165, 1.54) is 0 Å². The standard InChI is InChI=1S/C28H24O4/c1-3-32-28(31)25-23(17-19-11-9-10-18(2)16-19)24(26(29)20-12-5-4-6-13-20)21-14-7-8-15-22(21)27(25)30/h4-16,30H,3,17H2,1-2H3.